The third kappa shape index (κ3) is 2.10. The molecule has 20 heavy (non-hydrogen) atoms. The highest BCUT2D eigenvalue weighted by atomic mass is 16.7. The second-order valence-electron chi connectivity index (χ2n) is 5.76. The van der Waals surface area contributed by atoms with Crippen molar-refractivity contribution in [2.24, 2.45) is 0 Å². The normalized spacial score (nSPS) is 20.3. The molecule has 2 aromatic rings. The minimum Gasteiger partial charge on any atom is -0.398 e. The van der Waals surface area contributed by atoms with Crippen LogP contribution in [0.1, 0.15) is 27.7 Å². The smallest absolute Gasteiger partial charge is 0.398 e. The summed E-state index contributed by atoms with van der Waals surface area (Å²) >= 11 is 0. The Balaban J connectivity index is 1.86. The van der Waals surface area contributed by atoms with Crippen LogP contribution in [0.5, 0.6) is 0 Å². The summed E-state index contributed by atoms with van der Waals surface area (Å²) in [6, 6.07) is 3.59. The van der Waals surface area contributed by atoms with Crippen molar-refractivity contribution < 1.29 is 9.31 Å². The van der Waals surface area contributed by atoms with E-state index in [1.54, 1.807) is 29.2 Å². The van der Waals surface area contributed by atoms with Crippen molar-refractivity contribution in [3.8, 4) is 5.82 Å². The lowest BCUT2D eigenvalue weighted by atomic mass is 9.86. The van der Waals surface area contributed by atoms with Crippen molar-refractivity contribution in [2.45, 2.75) is 38.9 Å². The molecule has 1 aliphatic rings. The van der Waals surface area contributed by atoms with Crippen LogP contribution in [0.25, 0.3) is 5.82 Å². The maximum Gasteiger partial charge on any atom is 0.518 e. The quantitative estimate of drug-likeness (QED) is 0.735. The van der Waals surface area contributed by atoms with Gasteiger partial charge in [-0.15, -0.1) is 10.2 Å². The predicted molar refractivity (Wildman–Crippen MR) is 72.7 cm³/mol. The van der Waals surface area contributed by atoms with Gasteiger partial charge in [0.2, 0.25) is 0 Å². The van der Waals surface area contributed by atoms with Gasteiger partial charge in [0.15, 0.2) is 5.82 Å². The van der Waals surface area contributed by atoms with E-state index >= 15 is 0 Å². The number of hydrogen-bond acceptors (Lipinski definition) is 6. The van der Waals surface area contributed by atoms with Gasteiger partial charge in [-0.3, -0.25) is 0 Å². The zero-order valence-electron chi connectivity index (χ0n) is 11.9. The van der Waals surface area contributed by atoms with Crippen LogP contribution in [0.3, 0.4) is 0 Å². The minimum absolute atomic E-state index is 0.395. The third-order valence-corrected chi connectivity index (χ3v) is 3.80. The van der Waals surface area contributed by atoms with Crippen LogP contribution >= 0.6 is 0 Å². The topological polar surface area (TPSA) is 75.0 Å². The average Bonchev–Trinajstić information content (AvgIpc) is 2.94. The van der Waals surface area contributed by atoms with E-state index in [2.05, 4.69) is 20.5 Å². The van der Waals surface area contributed by atoms with Crippen LogP contribution in [0.15, 0.2) is 24.5 Å². The van der Waals surface area contributed by atoms with Crippen molar-refractivity contribution in [1.82, 2.24) is 25.2 Å². The van der Waals surface area contributed by atoms with Crippen molar-refractivity contribution in [3.63, 3.8) is 0 Å². The van der Waals surface area contributed by atoms with Gasteiger partial charge < -0.3 is 9.31 Å². The Morgan fingerprint density at radius 2 is 1.80 bits per heavy atom. The fraction of sp³-hybridized carbons (Fsp3) is 0.500. The van der Waals surface area contributed by atoms with Gasteiger partial charge in [-0.05, 0) is 39.8 Å². The van der Waals surface area contributed by atoms with Crippen LogP contribution < -0.4 is 5.59 Å². The fourth-order valence-electron chi connectivity index (χ4n) is 1.88. The summed E-state index contributed by atoms with van der Waals surface area (Å²) in [5.74, 6) is 0.600. The maximum absolute atomic E-state index is 5.93. The van der Waals surface area contributed by atoms with E-state index < -0.39 is 18.3 Å². The number of rotatable bonds is 2. The van der Waals surface area contributed by atoms with Gasteiger partial charge in [0.1, 0.15) is 5.59 Å². The predicted octanol–water partition coefficient (Wildman–Crippen LogP) is 0.356. The standard InChI is InChI=1S/C12H16BN5O2/c1-11(2)12(3,4)20-13(19-11)9-8-18(17-15-9)10-6-5-7-14-16-10/h5-8H,1-4H3. The van der Waals surface area contributed by atoms with Crippen molar-refractivity contribution >= 4 is 12.7 Å². The monoisotopic (exact) mass is 273 g/mol. The third-order valence-electron chi connectivity index (χ3n) is 3.80. The molecule has 1 aliphatic heterocycles. The van der Waals surface area contributed by atoms with E-state index in [0.717, 1.165) is 0 Å². The maximum atomic E-state index is 5.93. The minimum atomic E-state index is -0.523. The first kappa shape index (κ1) is 13.2. The van der Waals surface area contributed by atoms with Crippen LogP contribution in [0.4, 0.5) is 0 Å². The second kappa shape index (κ2) is 4.36. The van der Waals surface area contributed by atoms with Gasteiger partial charge in [0.05, 0.1) is 17.4 Å². The highest BCUT2D eigenvalue weighted by molar-refractivity contribution is 6.61. The molecule has 8 heteroatoms. The van der Waals surface area contributed by atoms with Crippen LogP contribution in [-0.2, 0) is 9.31 Å². The molecule has 0 bridgehead atoms. The number of nitrogens with zero attached hydrogens (tertiary/aromatic N) is 5. The van der Waals surface area contributed by atoms with E-state index in [-0.39, 0.29) is 0 Å². The summed E-state index contributed by atoms with van der Waals surface area (Å²) in [5.41, 5.74) is -0.170. The lowest BCUT2D eigenvalue weighted by molar-refractivity contribution is 0.00578. The first-order valence-electron chi connectivity index (χ1n) is 6.45. The molecule has 0 atom stereocenters. The molecule has 0 saturated carbocycles. The second-order valence-corrected chi connectivity index (χ2v) is 5.76. The van der Waals surface area contributed by atoms with Crippen LogP contribution in [-0.4, -0.2) is 43.5 Å². The van der Waals surface area contributed by atoms with Gasteiger partial charge in [0.25, 0.3) is 0 Å². The summed E-state index contributed by atoms with van der Waals surface area (Å²) in [6.45, 7) is 8.00. The van der Waals surface area contributed by atoms with Gasteiger partial charge in [-0.25, -0.2) is 4.68 Å². The molecule has 2 aromatic heterocycles. The summed E-state index contributed by atoms with van der Waals surface area (Å²) in [4.78, 5) is 0. The summed E-state index contributed by atoms with van der Waals surface area (Å²) in [6.07, 6.45) is 3.35. The lowest BCUT2D eigenvalue weighted by Crippen LogP contribution is -2.41. The van der Waals surface area contributed by atoms with Crippen LogP contribution in [0, 0.1) is 0 Å². The molecule has 0 aliphatic carbocycles. The van der Waals surface area contributed by atoms with Gasteiger partial charge >= 0.3 is 7.12 Å². The van der Waals surface area contributed by atoms with Crippen LogP contribution in [0.2, 0.25) is 0 Å². The Morgan fingerprint density at radius 1 is 1.10 bits per heavy atom. The van der Waals surface area contributed by atoms with Crippen molar-refractivity contribution in [2.75, 3.05) is 0 Å². The fourth-order valence-corrected chi connectivity index (χ4v) is 1.88. The Labute approximate surface area is 117 Å². The molecule has 0 N–H and O–H groups in total. The Morgan fingerprint density at radius 3 is 2.40 bits per heavy atom. The molecule has 3 rings (SSSR count). The van der Waals surface area contributed by atoms with E-state index in [1.165, 1.54) is 0 Å². The summed E-state index contributed by atoms with van der Waals surface area (Å²) in [7, 11) is -0.523. The van der Waals surface area contributed by atoms with E-state index in [4.69, 9.17) is 9.31 Å². The molecule has 7 nitrogen and oxygen atoms in total. The lowest BCUT2D eigenvalue weighted by Gasteiger charge is -2.32. The first-order valence-corrected chi connectivity index (χ1v) is 6.45. The molecule has 0 amide bonds. The number of aromatic nitrogens is 5. The number of hydrogen-bond donors (Lipinski definition) is 0. The molecular weight excluding hydrogens is 257 g/mol. The Hall–Kier alpha value is -1.80. The molecule has 1 fully saturated rings. The van der Waals surface area contributed by atoms with E-state index in [0.29, 0.717) is 11.4 Å². The zero-order chi connectivity index (χ0) is 14.4. The van der Waals surface area contributed by atoms with E-state index in [1.807, 2.05) is 27.7 Å². The van der Waals surface area contributed by atoms with Gasteiger partial charge in [-0.1, -0.05) is 5.21 Å². The molecule has 0 spiro atoms. The van der Waals surface area contributed by atoms with Gasteiger partial charge in [0, 0.05) is 6.20 Å². The Bertz CT molecular complexity index is 597. The zero-order valence-corrected chi connectivity index (χ0v) is 11.9. The molecule has 104 valence electrons. The van der Waals surface area contributed by atoms with Crippen molar-refractivity contribution in [1.29, 1.82) is 0 Å². The SMILES string of the molecule is CC1(C)OB(c2cn(-c3cccnn3)nn2)OC1(C)C. The summed E-state index contributed by atoms with van der Waals surface area (Å²) < 4.78 is 13.4. The molecule has 1 saturated heterocycles. The molecule has 3 heterocycles. The largest absolute Gasteiger partial charge is 0.518 e. The molecule has 0 radical (unpaired) electrons. The molecule has 0 unspecified atom stereocenters. The summed E-state index contributed by atoms with van der Waals surface area (Å²) in [5, 5.41) is 15.9. The average molecular weight is 273 g/mol. The molecular formula is C12H16BN5O2. The first-order chi connectivity index (χ1) is 9.39. The van der Waals surface area contributed by atoms with E-state index in [9.17, 15) is 0 Å². The Kier molecular flexibility index (Phi) is 2.88. The highest BCUT2D eigenvalue weighted by Gasteiger charge is 2.52. The van der Waals surface area contributed by atoms with Crippen molar-refractivity contribution in [3.05, 3.63) is 24.5 Å². The van der Waals surface area contributed by atoms with Gasteiger partial charge in [-0.2, -0.15) is 5.10 Å². The molecule has 0 aromatic carbocycles. The highest BCUT2D eigenvalue weighted by Crippen LogP contribution is 2.36.